The van der Waals surface area contributed by atoms with Gasteiger partial charge in [0, 0.05) is 25.4 Å². The maximum atomic E-state index is 5.92. The summed E-state index contributed by atoms with van der Waals surface area (Å²) in [7, 11) is 2.02. The quantitative estimate of drug-likeness (QED) is 0.919. The molecule has 1 atom stereocenters. The van der Waals surface area contributed by atoms with Crippen LogP contribution in [0, 0.1) is 23.7 Å². The van der Waals surface area contributed by atoms with E-state index >= 15 is 0 Å². The largest absolute Gasteiger partial charge is 0.328 e. The number of hydrogen-bond acceptors (Lipinski definition) is 3. The lowest BCUT2D eigenvalue weighted by Gasteiger charge is -2.53. The maximum Gasteiger partial charge on any atom is 0.154 e. The highest BCUT2D eigenvalue weighted by Crippen LogP contribution is 2.59. The summed E-state index contributed by atoms with van der Waals surface area (Å²) in [5.41, 5.74) is 5.92. The predicted molar refractivity (Wildman–Crippen MR) is 78.1 cm³/mol. The van der Waals surface area contributed by atoms with Crippen molar-refractivity contribution in [2.45, 2.75) is 57.4 Å². The smallest absolute Gasteiger partial charge is 0.154 e. The van der Waals surface area contributed by atoms with Gasteiger partial charge < -0.3 is 5.73 Å². The van der Waals surface area contributed by atoms with Gasteiger partial charge in [-0.05, 0) is 62.7 Å². The first-order valence-electron chi connectivity index (χ1n) is 8.25. The minimum Gasteiger partial charge on any atom is -0.328 e. The van der Waals surface area contributed by atoms with Crippen molar-refractivity contribution in [3.63, 3.8) is 0 Å². The normalized spacial score (nSPS) is 40.2. The van der Waals surface area contributed by atoms with E-state index in [1.807, 2.05) is 18.7 Å². The summed E-state index contributed by atoms with van der Waals surface area (Å²) < 4.78 is 1.96. The Kier molecular flexibility index (Phi) is 2.92. The Bertz CT molecular complexity index is 477. The van der Waals surface area contributed by atoms with Gasteiger partial charge in [0.15, 0.2) is 5.82 Å². The summed E-state index contributed by atoms with van der Waals surface area (Å²) in [5, 5.41) is 4.76. The lowest BCUT2D eigenvalue weighted by molar-refractivity contribution is -0.00566. The molecule has 4 aliphatic carbocycles. The monoisotopic (exact) mass is 274 g/mol. The highest BCUT2D eigenvalue weighted by atomic mass is 15.3. The van der Waals surface area contributed by atoms with E-state index in [0.29, 0.717) is 5.92 Å². The van der Waals surface area contributed by atoms with Crippen LogP contribution in [-0.4, -0.2) is 20.8 Å². The van der Waals surface area contributed by atoms with Crippen LogP contribution in [0.5, 0.6) is 0 Å². The fraction of sp³-hybridized carbons (Fsp3) is 0.875. The van der Waals surface area contributed by atoms with Gasteiger partial charge in [-0.1, -0.05) is 0 Å². The second-order valence-corrected chi connectivity index (χ2v) is 7.65. The van der Waals surface area contributed by atoms with Gasteiger partial charge in [-0.15, -0.1) is 0 Å². The van der Waals surface area contributed by atoms with Gasteiger partial charge >= 0.3 is 0 Å². The highest BCUT2D eigenvalue weighted by Gasteiger charge is 2.50. The first-order valence-corrected chi connectivity index (χ1v) is 8.25. The number of aryl methyl sites for hydroxylation is 1. The topological polar surface area (TPSA) is 56.7 Å². The molecule has 0 aromatic carbocycles. The summed E-state index contributed by atoms with van der Waals surface area (Å²) in [4.78, 5) is 4.87. The van der Waals surface area contributed by atoms with Crippen molar-refractivity contribution in [3.8, 4) is 0 Å². The minimum absolute atomic E-state index is 0.157. The molecule has 20 heavy (non-hydrogen) atoms. The van der Waals surface area contributed by atoms with Crippen LogP contribution < -0.4 is 5.73 Å². The SMILES string of the molecule is CC(N)Cc1nc(C2C3CC4CC(C3)CC2C4)nn1C. The fourth-order valence-electron chi connectivity index (χ4n) is 5.39. The molecular weight excluding hydrogens is 248 g/mol. The van der Waals surface area contributed by atoms with Crippen LogP contribution in [0.3, 0.4) is 0 Å². The van der Waals surface area contributed by atoms with E-state index in [1.165, 1.54) is 32.1 Å². The molecule has 4 nitrogen and oxygen atoms in total. The summed E-state index contributed by atoms with van der Waals surface area (Å²) in [6.07, 6.45) is 8.05. The molecule has 1 aromatic rings. The van der Waals surface area contributed by atoms with Crippen molar-refractivity contribution >= 4 is 0 Å². The Balaban J connectivity index is 1.61. The van der Waals surface area contributed by atoms with E-state index in [4.69, 9.17) is 15.8 Å². The lowest BCUT2D eigenvalue weighted by Crippen LogP contribution is -2.44. The van der Waals surface area contributed by atoms with Gasteiger partial charge in [-0.3, -0.25) is 4.68 Å². The molecule has 4 heteroatoms. The Labute approximate surface area is 121 Å². The highest BCUT2D eigenvalue weighted by molar-refractivity contribution is 5.11. The molecule has 0 amide bonds. The standard InChI is InChI=1S/C16H26N4/c1-9(17)3-14-18-16(19-20(14)2)15-12-5-10-4-11(7-12)8-13(15)6-10/h9-13,15H,3-8,17H2,1-2H3. The van der Waals surface area contributed by atoms with Crippen LogP contribution in [0.15, 0.2) is 0 Å². The Morgan fingerprint density at radius 3 is 2.30 bits per heavy atom. The average Bonchev–Trinajstić information content (AvgIpc) is 2.68. The van der Waals surface area contributed by atoms with Crippen LogP contribution in [-0.2, 0) is 13.5 Å². The van der Waals surface area contributed by atoms with Crippen LogP contribution >= 0.6 is 0 Å². The molecule has 1 aromatic heterocycles. The molecular formula is C16H26N4. The van der Waals surface area contributed by atoms with Crippen LogP contribution in [0.1, 0.15) is 56.6 Å². The Hall–Kier alpha value is -0.900. The fourth-order valence-corrected chi connectivity index (χ4v) is 5.39. The van der Waals surface area contributed by atoms with Crippen molar-refractivity contribution in [2.24, 2.45) is 36.5 Å². The van der Waals surface area contributed by atoms with Crippen LogP contribution in [0.4, 0.5) is 0 Å². The van der Waals surface area contributed by atoms with E-state index in [9.17, 15) is 0 Å². The summed E-state index contributed by atoms with van der Waals surface area (Å²) >= 11 is 0. The summed E-state index contributed by atoms with van der Waals surface area (Å²) in [5.74, 6) is 6.56. The number of nitrogens with zero attached hydrogens (tertiary/aromatic N) is 3. The van der Waals surface area contributed by atoms with Gasteiger partial charge in [0.2, 0.25) is 0 Å². The molecule has 0 saturated heterocycles. The van der Waals surface area contributed by atoms with Crippen molar-refractivity contribution < 1.29 is 0 Å². The molecule has 2 N–H and O–H groups in total. The molecule has 4 fully saturated rings. The molecule has 0 aliphatic heterocycles. The Morgan fingerprint density at radius 1 is 1.15 bits per heavy atom. The molecule has 4 aliphatic rings. The first kappa shape index (κ1) is 12.8. The third-order valence-electron chi connectivity index (χ3n) is 5.90. The Morgan fingerprint density at radius 2 is 1.75 bits per heavy atom. The maximum absolute atomic E-state index is 5.92. The van der Waals surface area contributed by atoms with Crippen molar-refractivity contribution in [1.29, 1.82) is 0 Å². The minimum atomic E-state index is 0.157. The summed E-state index contributed by atoms with van der Waals surface area (Å²) in [6.45, 7) is 2.04. The molecule has 5 rings (SSSR count). The molecule has 0 spiro atoms. The number of nitrogens with two attached hydrogens (primary N) is 1. The second-order valence-electron chi connectivity index (χ2n) is 7.65. The van der Waals surface area contributed by atoms with E-state index in [0.717, 1.165) is 41.7 Å². The second kappa shape index (κ2) is 4.55. The van der Waals surface area contributed by atoms with E-state index in [-0.39, 0.29) is 6.04 Å². The van der Waals surface area contributed by atoms with E-state index < -0.39 is 0 Å². The zero-order valence-electron chi connectivity index (χ0n) is 12.6. The number of hydrogen-bond donors (Lipinski definition) is 1. The summed E-state index contributed by atoms with van der Waals surface area (Å²) in [6, 6.07) is 0.157. The van der Waals surface area contributed by atoms with E-state index in [1.54, 1.807) is 0 Å². The number of rotatable bonds is 3. The zero-order valence-corrected chi connectivity index (χ0v) is 12.6. The molecule has 110 valence electrons. The molecule has 4 saturated carbocycles. The third-order valence-corrected chi connectivity index (χ3v) is 5.90. The van der Waals surface area contributed by atoms with Gasteiger partial charge in [-0.25, -0.2) is 4.98 Å². The molecule has 0 radical (unpaired) electrons. The van der Waals surface area contributed by atoms with Crippen molar-refractivity contribution in [3.05, 3.63) is 11.6 Å². The van der Waals surface area contributed by atoms with E-state index in [2.05, 4.69) is 0 Å². The predicted octanol–water partition coefficient (Wildman–Crippen LogP) is 2.24. The van der Waals surface area contributed by atoms with Gasteiger partial charge in [0.25, 0.3) is 0 Å². The first-order chi connectivity index (χ1) is 9.60. The van der Waals surface area contributed by atoms with Gasteiger partial charge in [0.1, 0.15) is 5.82 Å². The third kappa shape index (κ3) is 2.00. The van der Waals surface area contributed by atoms with Gasteiger partial charge in [0.05, 0.1) is 0 Å². The van der Waals surface area contributed by atoms with Gasteiger partial charge in [-0.2, -0.15) is 5.10 Å². The number of aromatic nitrogens is 3. The van der Waals surface area contributed by atoms with Crippen molar-refractivity contribution in [1.82, 2.24) is 14.8 Å². The zero-order chi connectivity index (χ0) is 13.9. The molecule has 1 heterocycles. The molecule has 1 unspecified atom stereocenters. The average molecular weight is 274 g/mol. The lowest BCUT2D eigenvalue weighted by atomic mass is 9.52. The van der Waals surface area contributed by atoms with Crippen LogP contribution in [0.2, 0.25) is 0 Å². The van der Waals surface area contributed by atoms with Crippen LogP contribution in [0.25, 0.3) is 0 Å². The van der Waals surface area contributed by atoms with Crippen molar-refractivity contribution in [2.75, 3.05) is 0 Å². The molecule has 4 bridgehead atoms.